The van der Waals surface area contributed by atoms with Gasteiger partial charge in [-0.25, -0.2) is 0 Å². The van der Waals surface area contributed by atoms with Gasteiger partial charge in [0.05, 0.1) is 9.88 Å². The van der Waals surface area contributed by atoms with Crippen molar-refractivity contribution in [2.24, 2.45) is 5.92 Å². The molecule has 0 atom stereocenters. The van der Waals surface area contributed by atoms with Gasteiger partial charge in [0.2, 0.25) is 5.91 Å². The van der Waals surface area contributed by atoms with Gasteiger partial charge in [0.15, 0.2) is 0 Å². The van der Waals surface area contributed by atoms with Crippen molar-refractivity contribution in [3.8, 4) is 0 Å². The molecule has 1 saturated carbocycles. The van der Waals surface area contributed by atoms with Crippen LogP contribution in [0.1, 0.15) is 40.6 Å². The van der Waals surface area contributed by atoms with Crippen molar-refractivity contribution in [3.63, 3.8) is 0 Å². The molecule has 1 fully saturated rings. The predicted octanol–water partition coefficient (Wildman–Crippen LogP) is 4.83. The lowest BCUT2D eigenvalue weighted by Gasteiger charge is -2.31. The first-order valence-electron chi connectivity index (χ1n) is 9.86. The number of hydrogen-bond donors (Lipinski definition) is 2. The third-order valence-corrected chi connectivity index (χ3v) is 6.45. The number of carbonyl (C=O) groups excluding carboxylic acids is 2. The van der Waals surface area contributed by atoms with E-state index in [0.29, 0.717) is 11.4 Å². The highest BCUT2D eigenvalue weighted by Gasteiger charge is 2.31. The lowest BCUT2D eigenvalue weighted by Crippen LogP contribution is -2.39. The summed E-state index contributed by atoms with van der Waals surface area (Å²) >= 11 is 1.31. The first-order valence-corrected chi connectivity index (χ1v) is 10.7. The molecule has 0 aliphatic heterocycles. The molecular formula is C24H24N2O2S. The first kappa shape index (κ1) is 19.4. The number of carbonyl (C=O) groups is 2. The summed E-state index contributed by atoms with van der Waals surface area (Å²) < 4.78 is 0. The van der Waals surface area contributed by atoms with E-state index in [9.17, 15) is 9.59 Å². The lowest BCUT2D eigenvalue weighted by atomic mass is 9.76. The maximum Gasteiger partial charge on any atom is 0.261 e. The van der Waals surface area contributed by atoms with Crippen LogP contribution in [-0.4, -0.2) is 18.4 Å². The molecule has 1 aromatic heterocycles. The van der Waals surface area contributed by atoms with Crippen molar-refractivity contribution < 1.29 is 9.59 Å². The fourth-order valence-corrected chi connectivity index (χ4v) is 4.25. The average molecular weight is 405 g/mol. The second kappa shape index (κ2) is 8.21. The van der Waals surface area contributed by atoms with E-state index in [0.717, 1.165) is 29.0 Å². The molecule has 1 aliphatic carbocycles. The van der Waals surface area contributed by atoms with E-state index in [1.54, 1.807) is 12.1 Å². The minimum atomic E-state index is -0.349. The molecule has 2 amide bonds. The standard InChI is InChI=1S/C24H24N2O2S/c1-24(18-8-4-2-5-9-18,19-10-6-3-7-11-19)16-25-23(28)20-14-15-21(29-20)26-22(27)17-12-13-17/h2-11,14-15,17H,12-13,16H2,1H3,(H,25,28)(H,26,27). The third kappa shape index (κ3) is 4.40. The number of hydrogen-bond acceptors (Lipinski definition) is 3. The highest BCUT2D eigenvalue weighted by molar-refractivity contribution is 7.18. The highest BCUT2D eigenvalue weighted by atomic mass is 32.1. The summed E-state index contributed by atoms with van der Waals surface area (Å²) in [5.74, 6) is 0.0753. The second-order valence-electron chi connectivity index (χ2n) is 7.67. The van der Waals surface area contributed by atoms with Crippen LogP contribution in [0.3, 0.4) is 0 Å². The maximum atomic E-state index is 12.8. The number of amides is 2. The number of nitrogens with one attached hydrogen (secondary N) is 2. The van der Waals surface area contributed by atoms with Crippen LogP contribution >= 0.6 is 11.3 Å². The van der Waals surface area contributed by atoms with Crippen molar-refractivity contribution in [2.75, 3.05) is 11.9 Å². The van der Waals surface area contributed by atoms with Crippen LogP contribution < -0.4 is 10.6 Å². The highest BCUT2D eigenvalue weighted by Crippen LogP contribution is 2.33. The fraction of sp³-hybridized carbons (Fsp3) is 0.250. The summed E-state index contributed by atoms with van der Waals surface area (Å²) in [5, 5.41) is 6.72. The van der Waals surface area contributed by atoms with E-state index >= 15 is 0 Å². The molecule has 0 spiro atoms. The van der Waals surface area contributed by atoms with Gasteiger partial charge in [-0.15, -0.1) is 11.3 Å². The minimum Gasteiger partial charge on any atom is -0.350 e. The number of rotatable bonds is 7. The summed E-state index contributed by atoms with van der Waals surface area (Å²) in [5.41, 5.74) is 1.95. The summed E-state index contributed by atoms with van der Waals surface area (Å²) in [7, 11) is 0. The molecule has 4 rings (SSSR count). The summed E-state index contributed by atoms with van der Waals surface area (Å²) in [6, 6.07) is 24.0. The van der Waals surface area contributed by atoms with Crippen LogP contribution in [0.15, 0.2) is 72.8 Å². The Labute approximate surface area is 175 Å². The summed E-state index contributed by atoms with van der Waals surface area (Å²) in [4.78, 5) is 25.3. The Morgan fingerprint density at radius 3 is 2.07 bits per heavy atom. The smallest absolute Gasteiger partial charge is 0.261 e. The van der Waals surface area contributed by atoms with Gasteiger partial charge in [0.25, 0.3) is 5.91 Å². The first-order chi connectivity index (χ1) is 14.1. The van der Waals surface area contributed by atoms with Crippen molar-refractivity contribution in [1.29, 1.82) is 0 Å². The van der Waals surface area contributed by atoms with E-state index in [-0.39, 0.29) is 23.1 Å². The van der Waals surface area contributed by atoms with Gasteiger partial charge in [-0.1, -0.05) is 60.7 Å². The largest absolute Gasteiger partial charge is 0.350 e. The Morgan fingerprint density at radius 1 is 0.931 bits per heavy atom. The lowest BCUT2D eigenvalue weighted by molar-refractivity contribution is -0.117. The molecule has 1 heterocycles. The third-order valence-electron chi connectivity index (χ3n) is 5.45. The van der Waals surface area contributed by atoms with E-state index < -0.39 is 0 Å². The molecule has 2 aromatic carbocycles. The quantitative estimate of drug-likeness (QED) is 0.592. The van der Waals surface area contributed by atoms with Crippen molar-refractivity contribution in [2.45, 2.75) is 25.2 Å². The molecule has 0 radical (unpaired) electrons. The molecule has 4 nitrogen and oxygen atoms in total. The predicted molar refractivity (Wildman–Crippen MR) is 117 cm³/mol. The second-order valence-corrected chi connectivity index (χ2v) is 8.76. The van der Waals surface area contributed by atoms with Crippen LogP contribution in [-0.2, 0) is 10.2 Å². The molecule has 1 aliphatic rings. The molecule has 3 aromatic rings. The van der Waals surface area contributed by atoms with Gasteiger partial charge in [0.1, 0.15) is 0 Å². The molecule has 0 bridgehead atoms. The Hall–Kier alpha value is -2.92. The number of anilines is 1. The van der Waals surface area contributed by atoms with Gasteiger partial charge in [-0.2, -0.15) is 0 Å². The van der Waals surface area contributed by atoms with Crippen LogP contribution in [0.4, 0.5) is 5.00 Å². The zero-order valence-electron chi connectivity index (χ0n) is 16.4. The van der Waals surface area contributed by atoms with Crippen molar-refractivity contribution in [3.05, 3.63) is 88.8 Å². The Morgan fingerprint density at radius 2 is 1.52 bits per heavy atom. The normalized spacial score (nSPS) is 13.7. The van der Waals surface area contributed by atoms with Gasteiger partial charge >= 0.3 is 0 Å². The fourth-order valence-electron chi connectivity index (χ4n) is 3.42. The minimum absolute atomic E-state index is 0.0551. The van der Waals surface area contributed by atoms with E-state index in [1.165, 1.54) is 11.3 Å². The van der Waals surface area contributed by atoms with Gasteiger partial charge in [-0.05, 0) is 43.0 Å². The van der Waals surface area contributed by atoms with Gasteiger partial charge in [0, 0.05) is 17.9 Å². The number of thiophene rings is 1. The van der Waals surface area contributed by atoms with E-state index in [1.807, 2.05) is 36.4 Å². The monoisotopic (exact) mass is 404 g/mol. The SMILES string of the molecule is CC(CNC(=O)c1ccc(NC(=O)C2CC2)s1)(c1ccccc1)c1ccccc1. The molecule has 0 saturated heterocycles. The topological polar surface area (TPSA) is 58.2 Å². The zero-order valence-corrected chi connectivity index (χ0v) is 17.2. The van der Waals surface area contributed by atoms with E-state index in [2.05, 4.69) is 41.8 Å². The Balaban J connectivity index is 1.48. The number of benzene rings is 2. The van der Waals surface area contributed by atoms with Crippen molar-refractivity contribution in [1.82, 2.24) is 5.32 Å². The molecule has 29 heavy (non-hydrogen) atoms. The summed E-state index contributed by atoms with van der Waals surface area (Å²) in [6.07, 6.45) is 1.92. The molecule has 5 heteroatoms. The van der Waals surface area contributed by atoms with Gasteiger partial charge in [-0.3, -0.25) is 9.59 Å². The molecule has 148 valence electrons. The zero-order chi connectivity index (χ0) is 20.3. The van der Waals surface area contributed by atoms with Crippen LogP contribution in [0.25, 0.3) is 0 Å². The maximum absolute atomic E-state index is 12.8. The molecular weight excluding hydrogens is 380 g/mol. The van der Waals surface area contributed by atoms with Crippen LogP contribution in [0, 0.1) is 5.92 Å². The summed E-state index contributed by atoms with van der Waals surface area (Å²) in [6.45, 7) is 2.62. The van der Waals surface area contributed by atoms with E-state index in [4.69, 9.17) is 0 Å². The average Bonchev–Trinajstić information content (AvgIpc) is 3.52. The van der Waals surface area contributed by atoms with Gasteiger partial charge < -0.3 is 10.6 Å². The van der Waals surface area contributed by atoms with Crippen molar-refractivity contribution >= 4 is 28.2 Å². The Bertz CT molecular complexity index is 954. The molecule has 2 N–H and O–H groups in total. The molecule has 0 unspecified atom stereocenters. The Kier molecular flexibility index (Phi) is 5.49. The van der Waals surface area contributed by atoms with Crippen LogP contribution in [0.5, 0.6) is 0 Å². The van der Waals surface area contributed by atoms with Crippen LogP contribution in [0.2, 0.25) is 0 Å².